The third-order valence-electron chi connectivity index (χ3n) is 5.19. The Morgan fingerprint density at radius 3 is 2.60 bits per heavy atom. The molecule has 8 nitrogen and oxygen atoms in total. The number of thiazole rings is 1. The number of aromatic nitrogens is 1. The molecule has 4 rings (SSSR count). The summed E-state index contributed by atoms with van der Waals surface area (Å²) in [5.41, 5.74) is 1.23. The molecule has 0 unspecified atom stereocenters. The number of thiophene rings is 1. The van der Waals surface area contributed by atoms with E-state index in [2.05, 4.69) is 4.99 Å². The Kier molecular flexibility index (Phi) is 7.62. The summed E-state index contributed by atoms with van der Waals surface area (Å²) in [5, 5.41) is 1.90. The van der Waals surface area contributed by atoms with Crippen LogP contribution in [0.5, 0.6) is 5.75 Å². The van der Waals surface area contributed by atoms with Gasteiger partial charge in [-0.1, -0.05) is 35.6 Å². The second-order valence-corrected chi connectivity index (χ2v) is 9.44. The van der Waals surface area contributed by atoms with E-state index in [1.54, 1.807) is 49.6 Å². The van der Waals surface area contributed by atoms with E-state index in [0.717, 1.165) is 4.88 Å². The Labute approximate surface area is 209 Å². The average Bonchev–Trinajstić information content (AvgIpc) is 3.47. The molecule has 182 valence electrons. The molecule has 0 bridgehead atoms. The van der Waals surface area contributed by atoms with E-state index >= 15 is 0 Å². The topological polar surface area (TPSA) is 96.2 Å². The number of esters is 2. The lowest BCUT2D eigenvalue weighted by molar-refractivity contribution is -0.145. The third kappa shape index (κ3) is 5.13. The fourth-order valence-corrected chi connectivity index (χ4v) is 5.58. The highest BCUT2D eigenvalue weighted by atomic mass is 32.1. The van der Waals surface area contributed by atoms with E-state index in [0.29, 0.717) is 31.9 Å². The molecule has 10 heteroatoms. The molecule has 0 saturated carbocycles. The van der Waals surface area contributed by atoms with Crippen LogP contribution in [0.1, 0.15) is 37.3 Å². The van der Waals surface area contributed by atoms with Crippen molar-refractivity contribution in [2.75, 3.05) is 19.8 Å². The summed E-state index contributed by atoms with van der Waals surface area (Å²) in [5.74, 6) is -0.511. The second kappa shape index (κ2) is 10.8. The van der Waals surface area contributed by atoms with Crippen LogP contribution in [-0.4, -0.2) is 36.3 Å². The van der Waals surface area contributed by atoms with Crippen molar-refractivity contribution in [2.45, 2.75) is 26.8 Å². The third-order valence-corrected chi connectivity index (χ3v) is 7.09. The largest absolute Gasteiger partial charge is 0.481 e. The Hall–Kier alpha value is -3.50. The molecule has 1 aliphatic heterocycles. The highest BCUT2D eigenvalue weighted by molar-refractivity contribution is 7.10. The lowest BCUT2D eigenvalue weighted by Gasteiger charge is -2.23. The van der Waals surface area contributed by atoms with E-state index in [4.69, 9.17) is 14.2 Å². The summed E-state index contributed by atoms with van der Waals surface area (Å²) in [6.45, 7) is 5.47. The molecule has 0 fully saturated rings. The molecular weight excluding hydrogens is 488 g/mol. The van der Waals surface area contributed by atoms with Crippen LogP contribution in [0.4, 0.5) is 0 Å². The molecule has 1 atom stereocenters. The molecule has 3 aromatic rings. The maximum Gasteiger partial charge on any atom is 0.344 e. The number of carbonyl (C=O) groups is 2. The summed E-state index contributed by atoms with van der Waals surface area (Å²) >= 11 is 2.69. The van der Waals surface area contributed by atoms with Gasteiger partial charge in [0.05, 0.1) is 29.0 Å². The van der Waals surface area contributed by atoms with Gasteiger partial charge in [-0.25, -0.2) is 14.6 Å². The summed E-state index contributed by atoms with van der Waals surface area (Å²) in [6.07, 6.45) is 1.71. The van der Waals surface area contributed by atoms with Gasteiger partial charge in [0, 0.05) is 10.4 Å². The first kappa shape index (κ1) is 24.6. The van der Waals surface area contributed by atoms with Gasteiger partial charge in [-0.05, 0) is 44.4 Å². The molecule has 35 heavy (non-hydrogen) atoms. The Morgan fingerprint density at radius 2 is 1.89 bits per heavy atom. The standard InChI is InChI=1S/C25H24N2O6S2/c1-4-31-20(28)14-33-17-10-7-6-9-16(17)13-19-23(29)27-22(18-11-8-12-34-18)21(24(30)32-5-2)15(3)26-25(27)35-19/h6-13,22H,4-5,14H2,1-3H3/b19-13-/t22-/m1/s1. The van der Waals surface area contributed by atoms with Crippen molar-refractivity contribution in [1.29, 1.82) is 0 Å². The van der Waals surface area contributed by atoms with E-state index < -0.39 is 18.0 Å². The fraction of sp³-hybridized carbons (Fsp3) is 0.280. The lowest BCUT2D eigenvalue weighted by Crippen LogP contribution is -2.39. The van der Waals surface area contributed by atoms with E-state index in [9.17, 15) is 14.4 Å². The predicted molar refractivity (Wildman–Crippen MR) is 133 cm³/mol. The van der Waals surface area contributed by atoms with Crippen molar-refractivity contribution in [1.82, 2.24) is 4.57 Å². The van der Waals surface area contributed by atoms with E-state index in [1.807, 2.05) is 23.6 Å². The van der Waals surface area contributed by atoms with E-state index in [-0.39, 0.29) is 25.4 Å². The zero-order chi connectivity index (χ0) is 24.9. The first-order chi connectivity index (χ1) is 16.9. The fourth-order valence-electron chi connectivity index (χ4n) is 3.72. The monoisotopic (exact) mass is 512 g/mol. The van der Waals surface area contributed by atoms with Gasteiger partial charge in [-0.2, -0.15) is 0 Å². The van der Waals surface area contributed by atoms with Gasteiger partial charge in [0.2, 0.25) is 0 Å². The molecule has 0 radical (unpaired) electrons. The minimum atomic E-state index is -0.622. The number of hydrogen-bond donors (Lipinski definition) is 0. The van der Waals surface area contributed by atoms with Crippen LogP contribution in [0.25, 0.3) is 6.08 Å². The lowest BCUT2D eigenvalue weighted by atomic mass is 10.0. The zero-order valence-corrected chi connectivity index (χ0v) is 21.1. The summed E-state index contributed by atoms with van der Waals surface area (Å²) in [4.78, 5) is 44.1. The first-order valence-corrected chi connectivity index (χ1v) is 12.7. The average molecular weight is 513 g/mol. The predicted octanol–water partition coefficient (Wildman–Crippen LogP) is 2.80. The van der Waals surface area contributed by atoms with Crippen molar-refractivity contribution in [3.8, 4) is 5.75 Å². The van der Waals surface area contributed by atoms with Crippen LogP contribution in [0.3, 0.4) is 0 Å². The van der Waals surface area contributed by atoms with Crippen LogP contribution < -0.4 is 19.6 Å². The van der Waals surface area contributed by atoms with Gasteiger partial charge < -0.3 is 14.2 Å². The molecule has 1 aliphatic rings. The molecule has 0 amide bonds. The quantitative estimate of drug-likeness (QED) is 0.431. The van der Waals surface area contributed by atoms with Gasteiger partial charge in [0.1, 0.15) is 11.8 Å². The Morgan fingerprint density at radius 1 is 1.11 bits per heavy atom. The van der Waals surface area contributed by atoms with Gasteiger partial charge in [-0.3, -0.25) is 9.36 Å². The SMILES string of the molecule is CCOC(=O)COc1ccccc1/C=c1\sc2n(c1=O)[C@H](c1cccs1)C(C(=O)OCC)=C(C)N=2. The van der Waals surface area contributed by atoms with Crippen LogP contribution in [0, 0.1) is 0 Å². The molecule has 0 N–H and O–H groups in total. The smallest absolute Gasteiger partial charge is 0.344 e. The number of carbonyl (C=O) groups excluding carboxylic acids is 2. The number of nitrogens with zero attached hydrogens (tertiary/aromatic N) is 2. The van der Waals surface area contributed by atoms with Crippen molar-refractivity contribution >= 4 is 40.7 Å². The van der Waals surface area contributed by atoms with E-state index in [1.165, 1.54) is 22.7 Å². The van der Waals surface area contributed by atoms with Crippen LogP contribution in [0.2, 0.25) is 0 Å². The number of rotatable bonds is 8. The number of allylic oxidation sites excluding steroid dienone is 1. The molecule has 2 aromatic heterocycles. The number of ether oxygens (including phenoxy) is 3. The number of hydrogen-bond acceptors (Lipinski definition) is 9. The Balaban J connectivity index is 1.81. The van der Waals surface area contributed by atoms with Crippen LogP contribution in [-0.2, 0) is 19.1 Å². The van der Waals surface area contributed by atoms with Gasteiger partial charge >= 0.3 is 11.9 Å². The maximum atomic E-state index is 13.6. The van der Waals surface area contributed by atoms with Crippen molar-refractivity contribution < 1.29 is 23.8 Å². The molecule has 0 aliphatic carbocycles. The number of fused-ring (bicyclic) bond motifs is 1. The highest BCUT2D eigenvalue weighted by Crippen LogP contribution is 2.33. The summed E-state index contributed by atoms with van der Waals surface area (Å²) in [7, 11) is 0. The summed E-state index contributed by atoms with van der Waals surface area (Å²) < 4.78 is 17.8. The number of para-hydroxylation sites is 1. The molecule has 3 heterocycles. The van der Waals surface area contributed by atoms with Gasteiger partial charge in [-0.15, -0.1) is 11.3 Å². The molecule has 0 spiro atoms. The molecule has 1 aromatic carbocycles. The van der Waals surface area contributed by atoms with Crippen molar-refractivity contribution in [3.63, 3.8) is 0 Å². The summed E-state index contributed by atoms with van der Waals surface area (Å²) in [6, 6.07) is 10.3. The normalized spacial score (nSPS) is 15.4. The Bertz CT molecular complexity index is 1450. The molecular formula is C25H24N2O6S2. The van der Waals surface area contributed by atoms with Crippen molar-refractivity contribution in [2.24, 2.45) is 4.99 Å². The van der Waals surface area contributed by atoms with Crippen LogP contribution in [0.15, 0.2) is 62.8 Å². The van der Waals surface area contributed by atoms with Crippen molar-refractivity contribution in [3.05, 3.63) is 83.2 Å². The second-order valence-electron chi connectivity index (χ2n) is 7.45. The maximum absolute atomic E-state index is 13.6. The van der Waals surface area contributed by atoms with Gasteiger partial charge in [0.25, 0.3) is 5.56 Å². The first-order valence-electron chi connectivity index (χ1n) is 11.0. The highest BCUT2D eigenvalue weighted by Gasteiger charge is 2.33. The zero-order valence-electron chi connectivity index (χ0n) is 19.5. The van der Waals surface area contributed by atoms with Crippen LogP contribution >= 0.6 is 22.7 Å². The molecule has 0 saturated heterocycles. The number of benzene rings is 1. The minimum absolute atomic E-state index is 0.222. The minimum Gasteiger partial charge on any atom is -0.481 e. The van der Waals surface area contributed by atoms with Gasteiger partial charge in [0.15, 0.2) is 11.4 Å².